The molecule has 0 aromatic carbocycles. The normalized spacial score (nSPS) is 11.2. The van der Waals surface area contributed by atoms with Crippen LogP contribution in [0.25, 0.3) is 0 Å². The number of alkyl halides is 1. The van der Waals surface area contributed by atoms with Gasteiger partial charge in [-0.2, -0.15) is 0 Å². The van der Waals surface area contributed by atoms with Crippen LogP contribution in [-0.4, -0.2) is 40.3 Å². The van der Waals surface area contributed by atoms with Gasteiger partial charge in [0.15, 0.2) is 5.78 Å². The van der Waals surface area contributed by atoms with E-state index < -0.39 is 3.42 Å². The maximum absolute atomic E-state index is 11.4. The molecule has 0 aromatic heterocycles. The largest absolute Gasteiger partial charge is 0.301 e. The lowest BCUT2D eigenvalue weighted by molar-refractivity contribution is -0.129. The van der Waals surface area contributed by atoms with E-state index in [2.05, 4.69) is 27.9 Å². The van der Waals surface area contributed by atoms with Gasteiger partial charge < -0.3 is 5.32 Å². The molecule has 0 radical (unpaired) electrons. The van der Waals surface area contributed by atoms with Crippen LogP contribution in [0, 0.1) is 0 Å². The van der Waals surface area contributed by atoms with Crippen molar-refractivity contribution in [3.05, 3.63) is 0 Å². The van der Waals surface area contributed by atoms with Crippen molar-refractivity contribution in [2.45, 2.75) is 17.3 Å². The van der Waals surface area contributed by atoms with Crippen LogP contribution in [0.15, 0.2) is 0 Å². The molecule has 82 valence electrons. The van der Waals surface area contributed by atoms with Crippen molar-refractivity contribution in [2.75, 3.05) is 20.1 Å². The quantitative estimate of drug-likeness (QED) is 0.240. The second-order valence-electron chi connectivity index (χ2n) is 3.50. The number of carbonyl (C=O) groups excluding carboxylic acids is 2. The third-order valence-corrected chi connectivity index (χ3v) is 2.22. The Bertz CT molecular complexity index is 223. The van der Waals surface area contributed by atoms with Gasteiger partial charge in [0, 0.05) is 7.05 Å². The van der Waals surface area contributed by atoms with Crippen molar-refractivity contribution in [3.63, 3.8) is 0 Å². The fourth-order valence-electron chi connectivity index (χ4n) is 0.618. The van der Waals surface area contributed by atoms with Crippen LogP contribution >= 0.6 is 22.6 Å². The average molecular weight is 313 g/mol. The first kappa shape index (κ1) is 13.8. The molecular weight excluding hydrogens is 297 g/mol. The number of halogens is 1. The molecule has 0 aliphatic rings. The van der Waals surface area contributed by atoms with E-state index in [-0.39, 0.29) is 24.8 Å². The molecule has 0 aliphatic carbocycles. The molecule has 0 unspecified atom stereocenters. The third kappa shape index (κ3) is 5.51. The summed E-state index contributed by atoms with van der Waals surface area (Å²) >= 11 is 2.06. The van der Waals surface area contributed by atoms with Crippen LogP contribution in [0.1, 0.15) is 13.8 Å². The van der Waals surface area contributed by atoms with Crippen LogP contribution in [-0.2, 0) is 9.59 Å². The minimum absolute atomic E-state index is 0.0607. The van der Waals surface area contributed by atoms with E-state index in [4.69, 9.17) is 5.84 Å². The summed E-state index contributed by atoms with van der Waals surface area (Å²) in [6.07, 6.45) is 0. The van der Waals surface area contributed by atoms with Gasteiger partial charge in [0.05, 0.1) is 16.5 Å². The third-order valence-electron chi connectivity index (χ3n) is 1.62. The van der Waals surface area contributed by atoms with Gasteiger partial charge in [0.25, 0.3) is 0 Å². The minimum Gasteiger partial charge on any atom is -0.301 e. The molecule has 0 atom stereocenters. The molecule has 0 saturated heterocycles. The van der Waals surface area contributed by atoms with Crippen LogP contribution in [0.2, 0.25) is 0 Å². The van der Waals surface area contributed by atoms with Crippen molar-refractivity contribution in [1.82, 2.24) is 10.3 Å². The van der Waals surface area contributed by atoms with E-state index in [1.165, 1.54) is 7.05 Å². The first-order chi connectivity index (χ1) is 6.25. The summed E-state index contributed by atoms with van der Waals surface area (Å²) in [6.45, 7) is 3.93. The molecule has 0 aliphatic heterocycles. The van der Waals surface area contributed by atoms with Crippen molar-refractivity contribution in [2.24, 2.45) is 5.84 Å². The fourth-order valence-corrected chi connectivity index (χ4v) is 0.809. The number of amides is 1. The smallest absolute Gasteiger partial charge is 0.250 e. The molecule has 1 amide bonds. The summed E-state index contributed by atoms with van der Waals surface area (Å²) in [5.74, 6) is 5.01. The lowest BCUT2D eigenvalue weighted by Gasteiger charge is -2.15. The number of hydrogen-bond donors (Lipinski definition) is 2. The van der Waals surface area contributed by atoms with Crippen molar-refractivity contribution < 1.29 is 9.59 Å². The number of rotatable bonds is 5. The number of hydrogen-bond acceptors (Lipinski definition) is 4. The van der Waals surface area contributed by atoms with Gasteiger partial charge >= 0.3 is 0 Å². The molecule has 5 nitrogen and oxygen atoms in total. The Labute approximate surface area is 97.5 Å². The predicted molar refractivity (Wildman–Crippen MR) is 62.9 cm³/mol. The summed E-state index contributed by atoms with van der Waals surface area (Å²) in [7, 11) is 1.47. The van der Waals surface area contributed by atoms with E-state index in [0.29, 0.717) is 0 Å². The second kappa shape index (κ2) is 5.62. The van der Waals surface area contributed by atoms with Gasteiger partial charge in [-0.3, -0.25) is 14.6 Å². The molecule has 0 bridgehead atoms. The highest BCUT2D eigenvalue weighted by Crippen LogP contribution is 2.16. The molecular formula is C8H16IN3O2. The molecule has 14 heavy (non-hydrogen) atoms. The zero-order valence-corrected chi connectivity index (χ0v) is 10.8. The lowest BCUT2D eigenvalue weighted by atomic mass is 10.1. The number of likely N-dealkylation sites (N-methyl/N-ethyl adjacent to an activating group) is 1. The summed E-state index contributed by atoms with van der Waals surface area (Å²) in [6, 6.07) is 0. The Morgan fingerprint density at radius 2 is 1.93 bits per heavy atom. The van der Waals surface area contributed by atoms with Crippen LogP contribution in [0.5, 0.6) is 0 Å². The first-order valence-electron chi connectivity index (χ1n) is 4.19. The van der Waals surface area contributed by atoms with E-state index in [9.17, 15) is 9.59 Å². The van der Waals surface area contributed by atoms with E-state index >= 15 is 0 Å². The van der Waals surface area contributed by atoms with Crippen molar-refractivity contribution >= 4 is 34.3 Å². The molecule has 0 heterocycles. The second-order valence-corrected chi connectivity index (χ2v) is 6.20. The Morgan fingerprint density at radius 3 is 2.29 bits per heavy atom. The Hall–Kier alpha value is -0.210. The first-order valence-corrected chi connectivity index (χ1v) is 5.27. The molecule has 6 heteroatoms. The topological polar surface area (TPSA) is 75.4 Å². The van der Waals surface area contributed by atoms with E-state index in [1.807, 2.05) is 13.8 Å². The number of Topliss-reactive ketones (excluding diaryl/α,β-unsaturated/α-hetero) is 1. The standard InChI is InChI=1S/C8H16IN3O2/c1-8(2,9)6(13)4-11-5-7(14)12(3)10/h11H,4-5,10H2,1-3H3. The van der Waals surface area contributed by atoms with Crippen LogP contribution < -0.4 is 11.2 Å². The number of nitrogens with zero attached hydrogens (tertiary/aromatic N) is 1. The van der Waals surface area contributed by atoms with Crippen molar-refractivity contribution in [1.29, 1.82) is 0 Å². The fraction of sp³-hybridized carbons (Fsp3) is 0.750. The Balaban J connectivity index is 3.76. The molecule has 0 rings (SSSR count). The summed E-state index contributed by atoms with van der Waals surface area (Å²) in [4.78, 5) is 22.4. The van der Waals surface area contributed by atoms with Gasteiger partial charge in [-0.1, -0.05) is 22.6 Å². The van der Waals surface area contributed by atoms with Crippen molar-refractivity contribution in [3.8, 4) is 0 Å². The maximum atomic E-state index is 11.4. The Kier molecular flexibility index (Phi) is 5.53. The molecule has 0 spiro atoms. The molecule has 0 saturated carbocycles. The maximum Gasteiger partial charge on any atom is 0.250 e. The number of nitrogens with one attached hydrogen (secondary N) is 1. The van der Waals surface area contributed by atoms with Gasteiger partial charge in [-0.15, -0.1) is 0 Å². The van der Waals surface area contributed by atoms with E-state index in [0.717, 1.165) is 5.01 Å². The zero-order chi connectivity index (χ0) is 11.4. The lowest BCUT2D eigenvalue weighted by Crippen LogP contribution is -2.42. The highest BCUT2D eigenvalue weighted by molar-refractivity contribution is 14.1. The highest BCUT2D eigenvalue weighted by Gasteiger charge is 2.22. The number of ketones is 1. The summed E-state index contributed by atoms with van der Waals surface area (Å²) in [5.41, 5.74) is 0. The minimum atomic E-state index is -0.400. The van der Waals surface area contributed by atoms with Gasteiger partial charge in [-0.25, -0.2) is 5.84 Å². The SMILES string of the molecule is CN(N)C(=O)CNCC(=O)C(C)(C)I. The summed E-state index contributed by atoms with van der Waals surface area (Å²) < 4.78 is -0.400. The van der Waals surface area contributed by atoms with Gasteiger partial charge in [-0.05, 0) is 13.8 Å². The average Bonchev–Trinajstić information content (AvgIpc) is 2.01. The van der Waals surface area contributed by atoms with Crippen LogP contribution in [0.4, 0.5) is 0 Å². The zero-order valence-electron chi connectivity index (χ0n) is 8.63. The number of hydrazine groups is 1. The van der Waals surface area contributed by atoms with Crippen LogP contribution in [0.3, 0.4) is 0 Å². The molecule has 3 N–H and O–H groups in total. The van der Waals surface area contributed by atoms with E-state index in [1.54, 1.807) is 0 Å². The number of carbonyl (C=O) groups is 2. The van der Waals surface area contributed by atoms with Gasteiger partial charge in [0.1, 0.15) is 0 Å². The highest BCUT2D eigenvalue weighted by atomic mass is 127. The number of nitrogens with two attached hydrogens (primary N) is 1. The molecule has 0 aromatic rings. The Morgan fingerprint density at radius 1 is 1.43 bits per heavy atom. The predicted octanol–water partition coefficient (Wildman–Crippen LogP) is -0.309. The molecule has 0 fully saturated rings. The monoisotopic (exact) mass is 313 g/mol. The van der Waals surface area contributed by atoms with Gasteiger partial charge in [0.2, 0.25) is 5.91 Å². The summed E-state index contributed by atoms with van der Waals surface area (Å²) in [5, 5.41) is 3.74.